The van der Waals surface area contributed by atoms with Gasteiger partial charge in [0.2, 0.25) is 11.6 Å². The molecule has 0 bridgehead atoms. The summed E-state index contributed by atoms with van der Waals surface area (Å²) in [6, 6.07) is -0.363. The van der Waals surface area contributed by atoms with Gasteiger partial charge in [0.15, 0.2) is 0 Å². The molecular weight excluding hydrogens is 230 g/mol. The molecule has 90 valence electrons. The molecule has 0 saturated heterocycles. The molecule has 0 aliphatic carbocycles. The van der Waals surface area contributed by atoms with Gasteiger partial charge in [0.25, 0.3) is 0 Å². The summed E-state index contributed by atoms with van der Waals surface area (Å²) >= 11 is 0. The highest BCUT2D eigenvalue weighted by atomic mass is 16.5. The van der Waals surface area contributed by atoms with Gasteiger partial charge in [-0.3, -0.25) is 0 Å². The van der Waals surface area contributed by atoms with Crippen LogP contribution in [0, 0.1) is 0 Å². The molecule has 1 rings (SSSR count). The molecule has 0 fully saturated rings. The van der Waals surface area contributed by atoms with Crippen LogP contribution >= 0.6 is 0 Å². The standard InChI is InChI=1S/C9H9N3O5/c1-4(2)3-17-9-11-5(7(13)14)10-6(12-9)8(15)16/h1,3H2,2H3,(H,13,14)(H,15,16). The maximum absolute atomic E-state index is 10.6. The molecule has 1 aromatic rings. The van der Waals surface area contributed by atoms with E-state index in [9.17, 15) is 9.59 Å². The number of carbonyl (C=O) groups is 2. The van der Waals surface area contributed by atoms with Gasteiger partial charge in [0, 0.05) is 0 Å². The number of hydrogen-bond donors (Lipinski definition) is 2. The van der Waals surface area contributed by atoms with Crippen molar-refractivity contribution in [2.75, 3.05) is 6.61 Å². The number of aromatic nitrogens is 3. The Kier molecular flexibility index (Phi) is 3.70. The first kappa shape index (κ1) is 12.6. The van der Waals surface area contributed by atoms with Gasteiger partial charge >= 0.3 is 17.9 Å². The van der Waals surface area contributed by atoms with E-state index in [0.717, 1.165) is 0 Å². The summed E-state index contributed by atoms with van der Waals surface area (Å²) in [6.45, 7) is 5.29. The van der Waals surface area contributed by atoms with E-state index in [1.165, 1.54) is 0 Å². The summed E-state index contributed by atoms with van der Waals surface area (Å²) in [5, 5.41) is 17.3. The summed E-state index contributed by atoms with van der Waals surface area (Å²) in [7, 11) is 0. The number of ether oxygens (including phenoxy) is 1. The van der Waals surface area contributed by atoms with Crippen molar-refractivity contribution in [1.82, 2.24) is 15.0 Å². The van der Waals surface area contributed by atoms with E-state index in [1.54, 1.807) is 6.92 Å². The number of hydrogen-bond acceptors (Lipinski definition) is 6. The lowest BCUT2D eigenvalue weighted by Gasteiger charge is -2.04. The number of aromatic carboxylic acids is 2. The number of carboxylic acids is 2. The molecule has 0 aliphatic rings. The van der Waals surface area contributed by atoms with Gasteiger partial charge in [-0.25, -0.2) is 9.59 Å². The van der Waals surface area contributed by atoms with E-state index < -0.39 is 23.6 Å². The van der Waals surface area contributed by atoms with E-state index in [4.69, 9.17) is 14.9 Å². The smallest absolute Gasteiger partial charge is 0.374 e. The minimum absolute atomic E-state index is 0.0577. The zero-order valence-electron chi connectivity index (χ0n) is 8.88. The SMILES string of the molecule is C=C(C)COc1nc(C(=O)O)nc(C(=O)O)n1. The zero-order chi connectivity index (χ0) is 13.0. The molecule has 2 N–H and O–H groups in total. The second-order valence-corrected chi connectivity index (χ2v) is 3.12. The normalized spacial score (nSPS) is 9.71. The third kappa shape index (κ3) is 3.52. The first-order valence-electron chi connectivity index (χ1n) is 4.40. The third-order valence-electron chi connectivity index (χ3n) is 1.45. The van der Waals surface area contributed by atoms with Gasteiger partial charge in [-0.05, 0) is 12.5 Å². The van der Waals surface area contributed by atoms with E-state index in [2.05, 4.69) is 21.5 Å². The zero-order valence-corrected chi connectivity index (χ0v) is 8.88. The Morgan fingerprint density at radius 1 is 1.18 bits per heavy atom. The van der Waals surface area contributed by atoms with Crippen LogP contribution in [-0.2, 0) is 0 Å². The average Bonchev–Trinajstić information content (AvgIpc) is 2.25. The minimum Gasteiger partial charge on any atom is -0.475 e. The molecule has 1 heterocycles. The molecule has 0 radical (unpaired) electrons. The van der Waals surface area contributed by atoms with Crippen LogP contribution < -0.4 is 4.74 Å². The highest BCUT2D eigenvalue weighted by Crippen LogP contribution is 2.05. The summed E-state index contributed by atoms with van der Waals surface area (Å²) in [6.07, 6.45) is 0. The van der Waals surface area contributed by atoms with Crippen molar-refractivity contribution in [1.29, 1.82) is 0 Å². The number of nitrogens with zero attached hydrogens (tertiary/aromatic N) is 3. The van der Waals surface area contributed by atoms with Crippen molar-refractivity contribution in [3.63, 3.8) is 0 Å². The van der Waals surface area contributed by atoms with Crippen molar-refractivity contribution in [3.05, 3.63) is 23.8 Å². The summed E-state index contributed by atoms with van der Waals surface area (Å²) in [5.41, 5.74) is 0.652. The van der Waals surface area contributed by atoms with Crippen LogP contribution in [0.3, 0.4) is 0 Å². The molecule has 0 unspecified atom stereocenters. The Hall–Kier alpha value is -2.51. The molecule has 0 spiro atoms. The van der Waals surface area contributed by atoms with E-state index >= 15 is 0 Å². The lowest BCUT2D eigenvalue weighted by atomic mass is 10.4. The fraction of sp³-hybridized carbons (Fsp3) is 0.222. The molecule has 8 heteroatoms. The van der Waals surface area contributed by atoms with Crippen molar-refractivity contribution in [2.45, 2.75) is 6.92 Å². The largest absolute Gasteiger partial charge is 0.475 e. The van der Waals surface area contributed by atoms with E-state index in [0.29, 0.717) is 5.57 Å². The van der Waals surface area contributed by atoms with Crippen LogP contribution in [0.1, 0.15) is 28.2 Å². The Bertz CT molecular complexity index is 453. The highest BCUT2D eigenvalue weighted by Gasteiger charge is 2.17. The van der Waals surface area contributed by atoms with Crippen LogP contribution in [0.25, 0.3) is 0 Å². The second-order valence-electron chi connectivity index (χ2n) is 3.12. The summed E-state index contributed by atoms with van der Waals surface area (Å²) < 4.78 is 4.96. The van der Waals surface area contributed by atoms with E-state index in [-0.39, 0.29) is 12.6 Å². The van der Waals surface area contributed by atoms with Gasteiger partial charge in [-0.1, -0.05) is 6.58 Å². The van der Waals surface area contributed by atoms with E-state index in [1.807, 2.05) is 0 Å². The Morgan fingerprint density at radius 3 is 2.00 bits per heavy atom. The molecule has 0 atom stereocenters. The average molecular weight is 239 g/mol. The quantitative estimate of drug-likeness (QED) is 0.699. The first-order chi connectivity index (χ1) is 7.90. The monoisotopic (exact) mass is 239 g/mol. The summed E-state index contributed by atoms with van der Waals surface area (Å²) in [4.78, 5) is 31.4. The molecule has 0 aromatic carbocycles. The highest BCUT2D eigenvalue weighted by molar-refractivity contribution is 5.87. The number of carboxylic acid groups (broad SMARTS) is 2. The molecule has 0 aliphatic heterocycles. The van der Waals surface area contributed by atoms with Crippen LogP contribution in [0.5, 0.6) is 6.01 Å². The van der Waals surface area contributed by atoms with Crippen LogP contribution in [0.15, 0.2) is 12.2 Å². The molecule has 8 nitrogen and oxygen atoms in total. The van der Waals surface area contributed by atoms with Crippen molar-refractivity contribution < 1.29 is 24.5 Å². The Labute approximate surface area is 95.6 Å². The predicted octanol–water partition coefficient (Wildman–Crippen LogP) is 0.223. The van der Waals surface area contributed by atoms with Crippen LogP contribution in [0.2, 0.25) is 0 Å². The van der Waals surface area contributed by atoms with Gasteiger partial charge in [-0.15, -0.1) is 0 Å². The first-order valence-corrected chi connectivity index (χ1v) is 4.40. The number of rotatable bonds is 5. The fourth-order valence-electron chi connectivity index (χ4n) is 0.800. The molecule has 0 amide bonds. The van der Waals surface area contributed by atoms with Gasteiger partial charge in [0.1, 0.15) is 6.61 Å². The van der Waals surface area contributed by atoms with Crippen LogP contribution in [0.4, 0.5) is 0 Å². The Balaban J connectivity index is 3.08. The van der Waals surface area contributed by atoms with Gasteiger partial charge in [0.05, 0.1) is 0 Å². The van der Waals surface area contributed by atoms with Crippen molar-refractivity contribution in [2.24, 2.45) is 0 Å². The maximum atomic E-state index is 10.6. The molecule has 17 heavy (non-hydrogen) atoms. The third-order valence-corrected chi connectivity index (χ3v) is 1.45. The topological polar surface area (TPSA) is 122 Å². The van der Waals surface area contributed by atoms with Gasteiger partial charge in [-0.2, -0.15) is 15.0 Å². The second kappa shape index (κ2) is 5.01. The fourth-order valence-corrected chi connectivity index (χ4v) is 0.800. The van der Waals surface area contributed by atoms with Gasteiger partial charge < -0.3 is 14.9 Å². The maximum Gasteiger partial charge on any atom is 0.374 e. The Morgan fingerprint density at radius 2 is 1.65 bits per heavy atom. The minimum atomic E-state index is -1.46. The molecule has 1 aromatic heterocycles. The van der Waals surface area contributed by atoms with Crippen LogP contribution in [-0.4, -0.2) is 43.7 Å². The lowest BCUT2D eigenvalue weighted by Crippen LogP contribution is -2.15. The summed E-state index contributed by atoms with van der Waals surface area (Å²) in [5.74, 6) is -4.30. The lowest BCUT2D eigenvalue weighted by molar-refractivity contribution is 0.0671. The predicted molar refractivity (Wildman–Crippen MR) is 54.1 cm³/mol. The molecule has 0 saturated carbocycles. The van der Waals surface area contributed by atoms with Crippen molar-refractivity contribution >= 4 is 11.9 Å². The van der Waals surface area contributed by atoms with Crippen molar-refractivity contribution in [3.8, 4) is 6.01 Å². The molecular formula is C9H9N3O5.